The van der Waals surface area contributed by atoms with Crippen LogP contribution in [0.2, 0.25) is 0 Å². The first-order valence-electron chi connectivity index (χ1n) is 8.21. The van der Waals surface area contributed by atoms with Gasteiger partial charge in [-0.3, -0.25) is 4.79 Å². The van der Waals surface area contributed by atoms with Gasteiger partial charge in [0.1, 0.15) is 5.75 Å². The Morgan fingerprint density at radius 2 is 1.92 bits per heavy atom. The molecule has 1 amide bonds. The predicted octanol–water partition coefficient (Wildman–Crippen LogP) is 3.18. The molecule has 134 valence electrons. The van der Waals surface area contributed by atoms with E-state index in [1.165, 1.54) is 11.8 Å². The fraction of sp³-hybridized carbons (Fsp3) is 0.222. The lowest BCUT2D eigenvalue weighted by Crippen LogP contribution is -2.22. The van der Waals surface area contributed by atoms with Crippen LogP contribution in [0.5, 0.6) is 5.75 Å². The second kappa shape index (κ2) is 8.48. The molecule has 0 aliphatic heterocycles. The average molecular weight is 369 g/mol. The molecule has 0 radical (unpaired) electrons. The fourth-order valence-electron chi connectivity index (χ4n) is 2.24. The summed E-state index contributed by atoms with van der Waals surface area (Å²) >= 11 is 1.30. The summed E-state index contributed by atoms with van der Waals surface area (Å²) in [6.45, 7) is 4.37. The van der Waals surface area contributed by atoms with Crippen molar-refractivity contribution >= 4 is 23.4 Å². The monoisotopic (exact) mass is 369 g/mol. The van der Waals surface area contributed by atoms with Crippen LogP contribution in [0.3, 0.4) is 0 Å². The van der Waals surface area contributed by atoms with Gasteiger partial charge in [0, 0.05) is 5.69 Å². The normalized spacial score (nSPS) is 11.8. The van der Waals surface area contributed by atoms with Crippen LogP contribution in [0.4, 0.5) is 5.69 Å². The number of anilines is 1. The first-order chi connectivity index (χ1) is 12.7. The van der Waals surface area contributed by atoms with Crippen LogP contribution in [0.25, 0.3) is 5.69 Å². The molecule has 0 bridgehead atoms. The van der Waals surface area contributed by atoms with Crippen LogP contribution >= 0.6 is 11.8 Å². The van der Waals surface area contributed by atoms with Crippen LogP contribution in [-0.4, -0.2) is 38.0 Å². The third-order valence-corrected chi connectivity index (χ3v) is 4.56. The Kier molecular flexibility index (Phi) is 5.85. The summed E-state index contributed by atoms with van der Waals surface area (Å²) in [5.74, 6) is 0.677. The second-order valence-corrected chi connectivity index (χ2v) is 6.72. The molecule has 8 heteroatoms. The molecule has 3 aromatic rings. The smallest absolute Gasteiger partial charge is 0.237 e. The number of benzene rings is 2. The number of amides is 1. The highest BCUT2D eigenvalue weighted by atomic mass is 32.2. The minimum atomic E-state index is -0.359. The Labute approximate surface area is 155 Å². The highest BCUT2D eigenvalue weighted by Crippen LogP contribution is 2.24. The van der Waals surface area contributed by atoms with E-state index in [-0.39, 0.29) is 11.2 Å². The minimum absolute atomic E-state index is 0.109. The molecule has 0 fully saturated rings. The number of nitrogens with one attached hydrogen (secondary N) is 1. The van der Waals surface area contributed by atoms with E-state index in [1.807, 2.05) is 68.4 Å². The molecule has 0 aliphatic carbocycles. The van der Waals surface area contributed by atoms with Crippen molar-refractivity contribution in [2.24, 2.45) is 0 Å². The number of ether oxygens (including phenoxy) is 1. The second-order valence-electron chi connectivity index (χ2n) is 5.42. The summed E-state index contributed by atoms with van der Waals surface area (Å²) in [5.41, 5.74) is 1.56. The molecule has 0 unspecified atom stereocenters. The van der Waals surface area contributed by atoms with E-state index in [0.717, 1.165) is 17.1 Å². The van der Waals surface area contributed by atoms with Gasteiger partial charge < -0.3 is 10.1 Å². The van der Waals surface area contributed by atoms with Gasteiger partial charge in [0.05, 0.1) is 17.5 Å². The average Bonchev–Trinajstić information content (AvgIpc) is 3.11. The van der Waals surface area contributed by atoms with E-state index in [4.69, 9.17) is 4.74 Å². The lowest BCUT2D eigenvalue weighted by Gasteiger charge is -2.12. The highest BCUT2D eigenvalue weighted by Gasteiger charge is 2.19. The zero-order valence-electron chi connectivity index (χ0n) is 14.5. The third kappa shape index (κ3) is 4.40. The van der Waals surface area contributed by atoms with E-state index in [9.17, 15) is 4.79 Å². The van der Waals surface area contributed by atoms with Crippen molar-refractivity contribution in [3.63, 3.8) is 0 Å². The molecule has 0 saturated carbocycles. The summed E-state index contributed by atoms with van der Waals surface area (Å²) in [4.78, 5) is 12.4. The standard InChI is InChI=1S/C18H19N5O2S/c1-3-25-16-11-9-15(10-12-16)23-18(20-21-22-23)26-13(2)17(24)19-14-7-5-4-6-8-14/h4-13H,3H2,1-2H3,(H,19,24)/t13-/m0/s1. The number of rotatable bonds is 7. The first-order valence-corrected chi connectivity index (χ1v) is 9.09. The van der Waals surface area contributed by atoms with Crippen molar-refractivity contribution < 1.29 is 9.53 Å². The van der Waals surface area contributed by atoms with Gasteiger partial charge in [0.15, 0.2) is 0 Å². The molecule has 3 rings (SSSR count). The number of carbonyl (C=O) groups is 1. The molecular weight excluding hydrogens is 350 g/mol. The molecule has 0 saturated heterocycles. The van der Waals surface area contributed by atoms with Gasteiger partial charge in [-0.2, -0.15) is 4.68 Å². The van der Waals surface area contributed by atoms with Crippen molar-refractivity contribution in [2.45, 2.75) is 24.3 Å². The molecule has 1 heterocycles. The van der Waals surface area contributed by atoms with Crippen molar-refractivity contribution in [1.29, 1.82) is 0 Å². The summed E-state index contributed by atoms with van der Waals surface area (Å²) in [7, 11) is 0. The zero-order chi connectivity index (χ0) is 18.4. The third-order valence-electron chi connectivity index (χ3n) is 3.53. The van der Waals surface area contributed by atoms with Crippen molar-refractivity contribution in [1.82, 2.24) is 20.2 Å². The van der Waals surface area contributed by atoms with Gasteiger partial charge in [-0.05, 0) is 60.7 Å². The lowest BCUT2D eigenvalue weighted by atomic mass is 10.3. The number of tetrazole rings is 1. The maximum atomic E-state index is 12.4. The molecule has 1 aromatic heterocycles. The summed E-state index contributed by atoms with van der Waals surface area (Å²) in [6, 6.07) is 16.8. The number of aromatic nitrogens is 4. The number of hydrogen-bond acceptors (Lipinski definition) is 6. The van der Waals surface area contributed by atoms with Crippen LogP contribution in [0.1, 0.15) is 13.8 Å². The van der Waals surface area contributed by atoms with Gasteiger partial charge in [-0.25, -0.2) is 0 Å². The van der Waals surface area contributed by atoms with Gasteiger partial charge in [0.25, 0.3) is 0 Å². The van der Waals surface area contributed by atoms with Crippen molar-refractivity contribution in [3.05, 3.63) is 54.6 Å². The number of nitrogens with zero attached hydrogens (tertiary/aromatic N) is 4. The molecule has 7 nitrogen and oxygen atoms in total. The predicted molar refractivity (Wildman–Crippen MR) is 101 cm³/mol. The molecule has 1 N–H and O–H groups in total. The van der Waals surface area contributed by atoms with Crippen LogP contribution < -0.4 is 10.1 Å². The van der Waals surface area contributed by atoms with Crippen molar-refractivity contribution in [3.8, 4) is 11.4 Å². The van der Waals surface area contributed by atoms with E-state index >= 15 is 0 Å². The number of para-hydroxylation sites is 1. The number of hydrogen-bond donors (Lipinski definition) is 1. The first kappa shape index (κ1) is 17.9. The maximum Gasteiger partial charge on any atom is 0.237 e. The largest absolute Gasteiger partial charge is 0.494 e. The minimum Gasteiger partial charge on any atom is -0.494 e. The maximum absolute atomic E-state index is 12.4. The molecular formula is C18H19N5O2S. The fourth-order valence-corrected chi connectivity index (χ4v) is 3.05. The van der Waals surface area contributed by atoms with Crippen molar-refractivity contribution in [2.75, 3.05) is 11.9 Å². The lowest BCUT2D eigenvalue weighted by molar-refractivity contribution is -0.115. The Morgan fingerprint density at radius 3 is 2.62 bits per heavy atom. The molecule has 1 atom stereocenters. The Balaban J connectivity index is 1.69. The Bertz CT molecular complexity index is 852. The molecule has 2 aromatic carbocycles. The van der Waals surface area contributed by atoms with Gasteiger partial charge in [0.2, 0.25) is 11.1 Å². The van der Waals surface area contributed by atoms with Crippen LogP contribution in [-0.2, 0) is 4.79 Å². The number of thioether (sulfide) groups is 1. The van der Waals surface area contributed by atoms with E-state index in [1.54, 1.807) is 4.68 Å². The summed E-state index contributed by atoms with van der Waals surface area (Å²) < 4.78 is 7.05. The van der Waals surface area contributed by atoms with Gasteiger partial charge in [-0.15, -0.1) is 5.10 Å². The quantitative estimate of drug-likeness (QED) is 0.644. The van der Waals surface area contributed by atoms with E-state index < -0.39 is 0 Å². The summed E-state index contributed by atoms with van der Waals surface area (Å²) in [6.07, 6.45) is 0. The Hall–Kier alpha value is -2.87. The molecule has 26 heavy (non-hydrogen) atoms. The SMILES string of the molecule is CCOc1ccc(-n2nnnc2S[C@@H](C)C(=O)Nc2ccccc2)cc1. The van der Waals surface area contributed by atoms with E-state index in [0.29, 0.717) is 11.8 Å². The highest BCUT2D eigenvalue weighted by molar-refractivity contribution is 8.00. The topological polar surface area (TPSA) is 81.9 Å². The molecule has 0 spiro atoms. The van der Waals surface area contributed by atoms with Crippen LogP contribution in [0, 0.1) is 0 Å². The van der Waals surface area contributed by atoms with E-state index in [2.05, 4.69) is 20.8 Å². The Morgan fingerprint density at radius 1 is 1.19 bits per heavy atom. The van der Waals surface area contributed by atoms with Crippen LogP contribution in [0.15, 0.2) is 59.8 Å². The molecule has 0 aliphatic rings. The van der Waals surface area contributed by atoms with Gasteiger partial charge >= 0.3 is 0 Å². The van der Waals surface area contributed by atoms with Gasteiger partial charge in [-0.1, -0.05) is 30.0 Å². The number of carbonyl (C=O) groups excluding carboxylic acids is 1. The summed E-state index contributed by atoms with van der Waals surface area (Å²) in [5, 5.41) is 14.9. The zero-order valence-corrected chi connectivity index (χ0v) is 15.3.